The molecule has 2 aromatic carbocycles. The van der Waals surface area contributed by atoms with Crippen LogP contribution in [0.25, 0.3) is 0 Å². The van der Waals surface area contributed by atoms with Crippen molar-refractivity contribution >= 4 is 29.1 Å². The zero-order chi connectivity index (χ0) is 22.8. The number of allylic oxidation sites excluding steroid dienone is 2. The summed E-state index contributed by atoms with van der Waals surface area (Å²) >= 11 is 6.26. The number of phenols is 1. The van der Waals surface area contributed by atoms with Crippen LogP contribution in [0.2, 0.25) is 5.02 Å². The third kappa shape index (κ3) is 4.15. The molecule has 166 valence electrons. The van der Waals surface area contributed by atoms with Gasteiger partial charge in [-0.25, -0.2) is 0 Å². The van der Waals surface area contributed by atoms with Crippen molar-refractivity contribution in [2.45, 2.75) is 38.7 Å². The number of carbonyl (C=O) groups is 2. The number of esters is 1. The largest absolute Gasteiger partial charge is 0.503 e. The van der Waals surface area contributed by atoms with Crippen LogP contribution in [0.4, 0.5) is 0 Å². The Labute approximate surface area is 191 Å². The van der Waals surface area contributed by atoms with Crippen LogP contribution < -0.4 is 4.74 Å². The van der Waals surface area contributed by atoms with Crippen LogP contribution in [0.3, 0.4) is 0 Å². The molecule has 0 saturated heterocycles. The van der Waals surface area contributed by atoms with E-state index >= 15 is 0 Å². The van der Waals surface area contributed by atoms with Crippen molar-refractivity contribution in [1.82, 2.24) is 0 Å². The van der Waals surface area contributed by atoms with E-state index < -0.39 is 17.8 Å². The van der Waals surface area contributed by atoms with Gasteiger partial charge in [0.1, 0.15) is 12.5 Å². The fourth-order valence-electron chi connectivity index (χ4n) is 4.42. The molecule has 0 bridgehead atoms. The maximum atomic E-state index is 13.3. The summed E-state index contributed by atoms with van der Waals surface area (Å²) in [6, 6.07) is 12.6. The standard InChI is InChI=1S/C25H24ClNO5/c1-14-21(25(30)32-13-15-7-4-3-5-8-15)22(23-18(27-14)9-6-10-19(23)28)16-11-17(26)24(29)20(12-16)31-2/h3-5,7-8,11-12,21-22,29H,6,9-10,13H2,1-2H3/t21?,22-/m1/s1. The first-order valence-electron chi connectivity index (χ1n) is 10.5. The molecule has 0 fully saturated rings. The molecule has 0 aromatic heterocycles. The van der Waals surface area contributed by atoms with E-state index in [2.05, 4.69) is 4.99 Å². The lowest BCUT2D eigenvalue weighted by atomic mass is 9.71. The maximum Gasteiger partial charge on any atom is 0.315 e. The van der Waals surface area contributed by atoms with E-state index in [1.54, 1.807) is 19.1 Å². The molecular formula is C25H24ClNO5. The van der Waals surface area contributed by atoms with E-state index in [9.17, 15) is 14.7 Å². The lowest BCUT2D eigenvalue weighted by molar-refractivity contribution is -0.148. The molecule has 32 heavy (non-hydrogen) atoms. The number of rotatable bonds is 5. The third-order valence-electron chi connectivity index (χ3n) is 5.94. The number of methoxy groups -OCH3 is 1. The predicted molar refractivity (Wildman–Crippen MR) is 121 cm³/mol. The second-order valence-corrected chi connectivity index (χ2v) is 8.40. The number of aliphatic imine (C=N–C) groups is 1. The number of hydrogen-bond donors (Lipinski definition) is 1. The number of ether oxygens (including phenoxy) is 2. The molecule has 4 rings (SSSR count). The highest BCUT2D eigenvalue weighted by atomic mass is 35.5. The molecule has 1 N–H and O–H groups in total. The Morgan fingerprint density at radius 3 is 2.69 bits per heavy atom. The summed E-state index contributed by atoms with van der Waals surface area (Å²) in [7, 11) is 1.42. The summed E-state index contributed by atoms with van der Waals surface area (Å²) < 4.78 is 10.9. The number of phenolic OH excluding ortho intramolecular Hbond substituents is 1. The molecule has 2 aromatic rings. The van der Waals surface area contributed by atoms with Crippen LogP contribution in [0.15, 0.2) is 58.7 Å². The van der Waals surface area contributed by atoms with Crippen LogP contribution in [0.1, 0.15) is 43.2 Å². The van der Waals surface area contributed by atoms with Gasteiger partial charge in [-0.1, -0.05) is 41.9 Å². The van der Waals surface area contributed by atoms with E-state index in [4.69, 9.17) is 21.1 Å². The molecule has 1 unspecified atom stereocenters. The first kappa shape index (κ1) is 22.1. The van der Waals surface area contributed by atoms with Crippen LogP contribution >= 0.6 is 11.6 Å². The number of aromatic hydroxyl groups is 1. The van der Waals surface area contributed by atoms with Crippen LogP contribution in [-0.2, 0) is 20.9 Å². The maximum absolute atomic E-state index is 13.3. The van der Waals surface area contributed by atoms with Gasteiger partial charge in [0, 0.05) is 29.3 Å². The topological polar surface area (TPSA) is 85.2 Å². The van der Waals surface area contributed by atoms with Gasteiger partial charge in [-0.2, -0.15) is 0 Å². The zero-order valence-electron chi connectivity index (χ0n) is 17.9. The molecule has 2 atom stereocenters. The minimum Gasteiger partial charge on any atom is -0.503 e. The Hall–Kier alpha value is -3.12. The van der Waals surface area contributed by atoms with Gasteiger partial charge in [0.05, 0.1) is 12.1 Å². The van der Waals surface area contributed by atoms with Gasteiger partial charge in [-0.05, 0) is 43.0 Å². The quantitative estimate of drug-likeness (QED) is 0.645. The second kappa shape index (κ2) is 9.17. The number of carbonyl (C=O) groups excluding carboxylic acids is 2. The number of ketones is 1. The highest BCUT2D eigenvalue weighted by molar-refractivity contribution is 6.32. The van der Waals surface area contributed by atoms with Crippen LogP contribution in [0, 0.1) is 5.92 Å². The minimum atomic E-state index is -0.787. The Balaban J connectivity index is 1.76. The summed E-state index contributed by atoms with van der Waals surface area (Å²) in [5.41, 5.74) is 3.28. The van der Waals surface area contributed by atoms with Crippen molar-refractivity contribution in [3.63, 3.8) is 0 Å². The summed E-state index contributed by atoms with van der Waals surface area (Å²) in [6.45, 7) is 1.90. The Morgan fingerprint density at radius 1 is 1.22 bits per heavy atom. The number of halogens is 1. The van der Waals surface area contributed by atoms with Gasteiger partial charge in [0.15, 0.2) is 17.3 Å². The molecule has 1 aliphatic carbocycles. The average molecular weight is 454 g/mol. The first-order chi connectivity index (χ1) is 15.4. The third-order valence-corrected chi connectivity index (χ3v) is 6.23. The Morgan fingerprint density at radius 2 is 1.97 bits per heavy atom. The SMILES string of the molecule is COc1cc([C@H]2C3=C(CCCC3=O)N=C(C)C2C(=O)OCc2ccccc2)cc(Cl)c1O. The lowest BCUT2D eigenvalue weighted by Gasteiger charge is -2.34. The van der Waals surface area contributed by atoms with Gasteiger partial charge < -0.3 is 14.6 Å². The molecule has 6 nitrogen and oxygen atoms in total. The van der Waals surface area contributed by atoms with Gasteiger partial charge in [0.2, 0.25) is 0 Å². The number of Topliss-reactive ketones (excluding diaryl/α,β-unsaturated/α-hetero) is 1. The van der Waals surface area contributed by atoms with Crippen molar-refractivity contribution in [3.8, 4) is 11.5 Å². The average Bonchev–Trinajstić information content (AvgIpc) is 2.79. The van der Waals surface area contributed by atoms with E-state index in [0.717, 1.165) is 12.0 Å². The van der Waals surface area contributed by atoms with E-state index in [1.807, 2.05) is 30.3 Å². The fraction of sp³-hybridized carbons (Fsp3) is 0.320. The normalized spacial score (nSPS) is 20.5. The molecule has 2 aliphatic rings. The molecular weight excluding hydrogens is 430 g/mol. The molecule has 1 heterocycles. The van der Waals surface area contributed by atoms with E-state index in [-0.39, 0.29) is 28.9 Å². The molecule has 1 aliphatic heterocycles. The monoisotopic (exact) mass is 453 g/mol. The molecule has 7 heteroatoms. The summed E-state index contributed by atoms with van der Waals surface area (Å²) in [5.74, 6) is -1.92. The fourth-order valence-corrected chi connectivity index (χ4v) is 4.64. The van der Waals surface area contributed by atoms with Crippen molar-refractivity contribution in [2.75, 3.05) is 7.11 Å². The van der Waals surface area contributed by atoms with Crippen LogP contribution in [-0.4, -0.2) is 29.7 Å². The Kier molecular flexibility index (Phi) is 6.33. The molecule has 0 radical (unpaired) electrons. The summed E-state index contributed by atoms with van der Waals surface area (Å²) in [5, 5.41) is 10.3. The molecule has 0 spiro atoms. The number of hydrogen-bond acceptors (Lipinski definition) is 6. The van der Waals surface area contributed by atoms with Gasteiger partial charge in [-0.3, -0.25) is 14.6 Å². The van der Waals surface area contributed by atoms with Crippen molar-refractivity contribution in [1.29, 1.82) is 0 Å². The zero-order valence-corrected chi connectivity index (χ0v) is 18.7. The predicted octanol–water partition coefficient (Wildman–Crippen LogP) is 4.98. The minimum absolute atomic E-state index is 0.0310. The smallest absolute Gasteiger partial charge is 0.315 e. The van der Waals surface area contributed by atoms with Crippen molar-refractivity contribution < 1.29 is 24.2 Å². The number of nitrogens with zero attached hydrogens (tertiary/aromatic N) is 1. The van der Waals surface area contributed by atoms with Gasteiger partial charge in [0.25, 0.3) is 0 Å². The first-order valence-corrected chi connectivity index (χ1v) is 10.9. The second-order valence-electron chi connectivity index (χ2n) is 7.99. The Bertz CT molecular complexity index is 1120. The van der Waals surface area contributed by atoms with Gasteiger partial charge in [-0.15, -0.1) is 0 Å². The summed E-state index contributed by atoms with van der Waals surface area (Å²) in [6.07, 6.45) is 1.80. The highest BCUT2D eigenvalue weighted by Gasteiger charge is 2.43. The van der Waals surface area contributed by atoms with Crippen LogP contribution in [0.5, 0.6) is 11.5 Å². The van der Waals surface area contributed by atoms with Crippen molar-refractivity contribution in [2.24, 2.45) is 10.9 Å². The summed E-state index contributed by atoms with van der Waals surface area (Å²) in [4.78, 5) is 30.9. The van der Waals surface area contributed by atoms with E-state index in [0.29, 0.717) is 35.4 Å². The van der Waals surface area contributed by atoms with E-state index in [1.165, 1.54) is 7.11 Å². The highest BCUT2D eigenvalue weighted by Crippen LogP contribution is 2.46. The van der Waals surface area contributed by atoms with Crippen molar-refractivity contribution in [3.05, 3.63) is 69.9 Å². The number of benzene rings is 2. The lowest BCUT2D eigenvalue weighted by Crippen LogP contribution is -2.37. The molecule has 0 amide bonds. The molecule has 0 saturated carbocycles. The van der Waals surface area contributed by atoms with Gasteiger partial charge >= 0.3 is 5.97 Å².